The van der Waals surface area contributed by atoms with Crippen molar-refractivity contribution in [2.45, 2.75) is 40.7 Å². The Morgan fingerprint density at radius 2 is 1.82 bits per heavy atom. The molecule has 1 rings (SSSR count). The van der Waals surface area contributed by atoms with Crippen molar-refractivity contribution in [2.75, 3.05) is 0 Å². The largest absolute Gasteiger partial charge is 0.342 e. The van der Waals surface area contributed by atoms with Crippen molar-refractivity contribution in [3.05, 3.63) is 46.6 Å². The zero-order chi connectivity index (χ0) is 13.0. The van der Waals surface area contributed by atoms with Gasteiger partial charge in [0.1, 0.15) is 0 Å². The van der Waals surface area contributed by atoms with Crippen LogP contribution >= 0.6 is 0 Å². The van der Waals surface area contributed by atoms with E-state index in [0.717, 1.165) is 0 Å². The molecule has 0 unspecified atom stereocenters. The van der Waals surface area contributed by atoms with Crippen molar-refractivity contribution >= 4 is 12.2 Å². The maximum atomic E-state index is 3.81. The first-order valence-corrected chi connectivity index (χ1v) is 6.17. The van der Waals surface area contributed by atoms with Crippen LogP contribution in [0.25, 0.3) is 12.2 Å². The van der Waals surface area contributed by atoms with Crippen LogP contribution in [0.2, 0.25) is 0 Å². The second-order valence-electron chi connectivity index (χ2n) is 4.57. The predicted octanol–water partition coefficient (Wildman–Crippen LogP) is 3.01. The van der Waals surface area contributed by atoms with Crippen LogP contribution in [0.15, 0.2) is 24.8 Å². The quantitative estimate of drug-likeness (QED) is 0.751. The minimum absolute atomic E-state index is 0.470. The molecule has 1 aromatic heterocycles. The summed E-state index contributed by atoms with van der Waals surface area (Å²) in [6, 6.07) is 0.470. The molecule has 0 saturated carbocycles. The molecule has 1 aromatic rings. The molecule has 0 aliphatic heterocycles. The minimum atomic E-state index is 0.470. The van der Waals surface area contributed by atoms with Gasteiger partial charge >= 0.3 is 0 Å². The van der Waals surface area contributed by atoms with Gasteiger partial charge in [0.25, 0.3) is 0 Å². The zero-order valence-electron chi connectivity index (χ0n) is 11.6. The summed E-state index contributed by atoms with van der Waals surface area (Å²) in [5, 5.41) is 2.55. The number of aromatic nitrogens is 1. The van der Waals surface area contributed by atoms with Gasteiger partial charge in [0.15, 0.2) is 0 Å². The normalized spacial score (nSPS) is 14.2. The van der Waals surface area contributed by atoms with Crippen LogP contribution in [-0.4, -0.2) is 4.57 Å². The monoisotopic (exact) mass is 229 g/mol. The smallest absolute Gasteiger partial charge is 0.0487 e. The zero-order valence-corrected chi connectivity index (χ0v) is 11.6. The van der Waals surface area contributed by atoms with Crippen molar-refractivity contribution in [1.29, 1.82) is 0 Å². The average Bonchev–Trinajstić information content (AvgIpc) is 2.51. The highest BCUT2D eigenvalue weighted by molar-refractivity contribution is 5.46. The summed E-state index contributed by atoms with van der Waals surface area (Å²) >= 11 is 0. The highest BCUT2D eigenvalue weighted by Gasteiger charge is 2.09. The van der Waals surface area contributed by atoms with Crippen LogP contribution in [0.1, 0.15) is 38.1 Å². The Morgan fingerprint density at radius 3 is 2.29 bits per heavy atom. The van der Waals surface area contributed by atoms with Gasteiger partial charge in [0, 0.05) is 22.3 Å². The van der Waals surface area contributed by atoms with E-state index >= 15 is 0 Å². The van der Waals surface area contributed by atoms with Crippen LogP contribution in [0.5, 0.6) is 0 Å². The highest BCUT2D eigenvalue weighted by Crippen LogP contribution is 2.07. The van der Waals surface area contributed by atoms with Gasteiger partial charge in [-0.15, -0.1) is 0 Å². The average molecular weight is 229 g/mol. The van der Waals surface area contributed by atoms with E-state index in [1.807, 2.05) is 13.0 Å². The summed E-state index contributed by atoms with van der Waals surface area (Å²) in [5.74, 6) is 0. The van der Waals surface area contributed by atoms with Crippen molar-refractivity contribution < 1.29 is 0 Å². The predicted molar refractivity (Wildman–Crippen MR) is 77.5 cm³/mol. The Labute approximate surface area is 104 Å². The molecule has 0 radical (unpaired) electrons. The SMILES string of the molecule is C=C/C=c1/c(C)c(C)n(C(C)C)/c1=C/C=C\C. The molecule has 17 heavy (non-hydrogen) atoms. The summed E-state index contributed by atoms with van der Waals surface area (Å²) in [6.07, 6.45) is 10.3. The van der Waals surface area contributed by atoms with Crippen LogP contribution < -0.4 is 10.6 Å². The van der Waals surface area contributed by atoms with Gasteiger partial charge in [-0.3, -0.25) is 0 Å². The van der Waals surface area contributed by atoms with Gasteiger partial charge < -0.3 is 4.57 Å². The van der Waals surface area contributed by atoms with Crippen molar-refractivity contribution in [3.8, 4) is 0 Å². The van der Waals surface area contributed by atoms with Gasteiger partial charge in [0.2, 0.25) is 0 Å². The van der Waals surface area contributed by atoms with E-state index in [1.54, 1.807) is 0 Å². The first-order chi connectivity index (χ1) is 8.04. The van der Waals surface area contributed by atoms with Gasteiger partial charge in [-0.1, -0.05) is 30.9 Å². The molecule has 0 fully saturated rings. The number of hydrogen-bond acceptors (Lipinski definition) is 0. The van der Waals surface area contributed by atoms with Gasteiger partial charge in [0.05, 0.1) is 0 Å². The van der Waals surface area contributed by atoms with Gasteiger partial charge in [-0.25, -0.2) is 0 Å². The third-order valence-electron chi connectivity index (χ3n) is 3.09. The topological polar surface area (TPSA) is 4.93 Å². The Hall–Kier alpha value is -1.50. The molecule has 0 amide bonds. The maximum Gasteiger partial charge on any atom is 0.0487 e. The number of hydrogen-bond donors (Lipinski definition) is 0. The van der Waals surface area contributed by atoms with Gasteiger partial charge in [-0.05, 0) is 46.3 Å². The second kappa shape index (κ2) is 5.72. The lowest BCUT2D eigenvalue weighted by molar-refractivity contribution is 0.573. The van der Waals surface area contributed by atoms with E-state index in [0.29, 0.717) is 6.04 Å². The fourth-order valence-corrected chi connectivity index (χ4v) is 2.23. The molecule has 92 valence electrons. The summed E-state index contributed by atoms with van der Waals surface area (Å²) < 4.78 is 2.38. The lowest BCUT2D eigenvalue weighted by atomic mass is 10.2. The van der Waals surface area contributed by atoms with E-state index in [4.69, 9.17) is 0 Å². The molecule has 0 aliphatic rings. The summed E-state index contributed by atoms with van der Waals surface area (Å²) in [4.78, 5) is 0. The molecule has 0 spiro atoms. The molecule has 0 N–H and O–H groups in total. The fourth-order valence-electron chi connectivity index (χ4n) is 2.23. The van der Waals surface area contributed by atoms with Crippen LogP contribution in [0, 0.1) is 13.8 Å². The Balaban J connectivity index is 3.80. The number of rotatable bonds is 3. The molecule has 0 atom stereocenters. The van der Waals surface area contributed by atoms with E-state index in [-0.39, 0.29) is 0 Å². The maximum absolute atomic E-state index is 3.81. The molecule has 1 heteroatoms. The van der Waals surface area contributed by atoms with Gasteiger partial charge in [-0.2, -0.15) is 0 Å². The minimum Gasteiger partial charge on any atom is -0.342 e. The van der Waals surface area contributed by atoms with Crippen LogP contribution in [0.3, 0.4) is 0 Å². The molecule has 1 nitrogen and oxygen atoms in total. The number of nitrogens with zero attached hydrogens (tertiary/aromatic N) is 1. The van der Waals surface area contributed by atoms with Crippen molar-refractivity contribution in [3.63, 3.8) is 0 Å². The molecular weight excluding hydrogens is 206 g/mol. The standard InChI is InChI=1S/C16H23N/c1-7-9-11-16-15(10-8-2)13(5)14(6)17(16)12(3)4/h7-12H,2H2,1,3-6H3/b9-7-,15-10-,16-11+. The highest BCUT2D eigenvalue weighted by atomic mass is 15.0. The van der Waals surface area contributed by atoms with E-state index in [2.05, 4.69) is 63.1 Å². The fraction of sp³-hybridized carbons (Fsp3) is 0.375. The third-order valence-corrected chi connectivity index (χ3v) is 3.09. The molecule has 0 bridgehead atoms. The van der Waals surface area contributed by atoms with Crippen LogP contribution in [0.4, 0.5) is 0 Å². The first kappa shape index (κ1) is 13.6. The second-order valence-corrected chi connectivity index (χ2v) is 4.57. The lowest BCUT2D eigenvalue weighted by Gasteiger charge is -2.11. The molecule has 0 aromatic carbocycles. The summed E-state index contributed by atoms with van der Waals surface area (Å²) in [6.45, 7) is 14.6. The molecule has 1 heterocycles. The number of allylic oxidation sites excluding steroid dienone is 3. The Bertz CT molecular complexity index is 539. The van der Waals surface area contributed by atoms with E-state index in [9.17, 15) is 0 Å². The van der Waals surface area contributed by atoms with E-state index < -0.39 is 0 Å². The lowest BCUT2D eigenvalue weighted by Crippen LogP contribution is -2.30. The van der Waals surface area contributed by atoms with Crippen molar-refractivity contribution in [2.24, 2.45) is 0 Å². The van der Waals surface area contributed by atoms with Crippen molar-refractivity contribution in [1.82, 2.24) is 4.57 Å². The van der Waals surface area contributed by atoms with Crippen LogP contribution in [-0.2, 0) is 0 Å². The molecule has 0 saturated heterocycles. The first-order valence-electron chi connectivity index (χ1n) is 6.17. The summed E-state index contributed by atoms with van der Waals surface area (Å²) in [5.41, 5.74) is 2.68. The Kier molecular flexibility index (Phi) is 4.56. The summed E-state index contributed by atoms with van der Waals surface area (Å²) in [7, 11) is 0. The molecule has 0 aliphatic carbocycles. The Morgan fingerprint density at radius 1 is 1.18 bits per heavy atom. The third kappa shape index (κ3) is 2.60. The molecular formula is C16H23N. The van der Waals surface area contributed by atoms with E-state index in [1.165, 1.54) is 21.8 Å².